The van der Waals surface area contributed by atoms with Gasteiger partial charge in [0, 0.05) is 51.7 Å². The molecule has 9 amide bonds. The largest absolute Gasteiger partial charge is 0.506 e. The number of hydrogen-bond acceptors (Lipinski definition) is 18. The second-order valence-corrected chi connectivity index (χ2v) is 40.2. The van der Waals surface area contributed by atoms with E-state index in [0.717, 1.165) is 59.9 Å². The summed E-state index contributed by atoms with van der Waals surface area (Å²) in [6, 6.07) is 48.1. The number of cyclic esters (lactones) is 1. The van der Waals surface area contributed by atoms with Crippen molar-refractivity contribution in [2.45, 2.75) is 265 Å². The van der Waals surface area contributed by atoms with Crippen molar-refractivity contribution in [2.75, 3.05) is 38.7 Å². The Balaban J connectivity index is 0.000000250. The number of hydrazine groups is 1. The van der Waals surface area contributed by atoms with Gasteiger partial charge in [-0.3, -0.25) is 39.0 Å². The van der Waals surface area contributed by atoms with E-state index < -0.39 is 76.1 Å². The Morgan fingerprint density at radius 1 is 0.604 bits per heavy atom. The molecule has 139 heavy (non-hydrogen) atoms. The molecule has 0 aliphatic carbocycles. The minimum Gasteiger partial charge on any atom is -0.506 e. The Morgan fingerprint density at radius 2 is 1.20 bits per heavy atom. The number of para-hydroxylation sites is 1. The van der Waals surface area contributed by atoms with Crippen molar-refractivity contribution in [3.05, 3.63) is 234 Å². The number of methoxy groups -OCH3 is 1. The topological polar surface area (TPSA) is 347 Å². The molecule has 8 N–H and O–H groups in total. The number of urea groups is 1. The van der Waals surface area contributed by atoms with Gasteiger partial charge in [-0.2, -0.15) is 5.26 Å². The molecular formula is C107H126Cl5N11O15S. The summed E-state index contributed by atoms with van der Waals surface area (Å²) in [6.45, 7) is 32.5. The van der Waals surface area contributed by atoms with Crippen LogP contribution in [0.3, 0.4) is 0 Å². The summed E-state index contributed by atoms with van der Waals surface area (Å²) in [5.74, 6) is -1.02. The van der Waals surface area contributed by atoms with Crippen molar-refractivity contribution >= 4 is 169 Å². The number of benzene rings is 9. The summed E-state index contributed by atoms with van der Waals surface area (Å²) in [5, 5.41) is 38.2. The second-order valence-electron chi connectivity index (χ2n) is 37.0. The maximum atomic E-state index is 14.4. The molecule has 9 aromatic rings. The molecule has 0 aromatic heterocycles. The zero-order chi connectivity index (χ0) is 102. The van der Waals surface area contributed by atoms with Crippen molar-refractivity contribution < 1.29 is 71.9 Å². The van der Waals surface area contributed by atoms with E-state index >= 15 is 0 Å². The fourth-order valence-corrected chi connectivity index (χ4v) is 17.1. The van der Waals surface area contributed by atoms with Crippen LogP contribution in [-0.4, -0.2) is 105 Å². The molecule has 2 heterocycles. The normalized spacial score (nSPS) is 14.3. The van der Waals surface area contributed by atoms with Gasteiger partial charge in [-0.15, -0.1) is 11.8 Å². The average Bonchev–Trinajstić information content (AvgIpc) is 1.71. The number of unbranched alkanes of at least 4 members (excludes halogenated alkanes) is 10. The van der Waals surface area contributed by atoms with E-state index in [0.29, 0.717) is 78.3 Å². The highest BCUT2D eigenvalue weighted by atomic mass is 35.5. The number of amides is 9. The highest BCUT2D eigenvalue weighted by Gasteiger charge is 2.55. The predicted molar refractivity (Wildman–Crippen MR) is 556 cm³/mol. The molecule has 2 saturated heterocycles. The zero-order valence-electron chi connectivity index (χ0n) is 82.0. The summed E-state index contributed by atoms with van der Waals surface area (Å²) in [4.78, 5) is 124. The van der Waals surface area contributed by atoms with Crippen LogP contribution >= 0.6 is 69.8 Å². The molecule has 2 aliphatic heterocycles. The Bertz CT molecular complexity index is 5960. The van der Waals surface area contributed by atoms with Gasteiger partial charge in [0.25, 0.3) is 29.5 Å². The molecule has 2 aliphatic rings. The van der Waals surface area contributed by atoms with Crippen LogP contribution in [0.1, 0.15) is 232 Å². The van der Waals surface area contributed by atoms with Crippen LogP contribution in [0, 0.1) is 37.5 Å². The number of halogens is 5. The molecule has 2 fully saturated rings. The molecule has 4 unspecified atom stereocenters. The van der Waals surface area contributed by atoms with Crippen LogP contribution in [0.25, 0.3) is 0 Å². The number of carbonyl (C=O) groups excluding carboxylic acids is 9. The number of carbonyl (C=O) groups is 9. The molecule has 32 heteroatoms. The highest BCUT2D eigenvalue weighted by molar-refractivity contribution is 8.01. The molecule has 4 atom stereocenters. The minimum atomic E-state index is -1.66. The first-order valence-corrected chi connectivity index (χ1v) is 49.4. The van der Waals surface area contributed by atoms with E-state index in [2.05, 4.69) is 97.9 Å². The van der Waals surface area contributed by atoms with E-state index in [-0.39, 0.29) is 84.3 Å². The number of nitrogens with one attached hydrogen (secondary N) is 7. The van der Waals surface area contributed by atoms with Crippen molar-refractivity contribution in [1.82, 2.24) is 15.6 Å². The maximum absolute atomic E-state index is 14.4. The first-order valence-electron chi connectivity index (χ1n) is 46.6. The van der Waals surface area contributed by atoms with Gasteiger partial charge >= 0.3 is 12.1 Å². The Morgan fingerprint density at radius 3 is 1.81 bits per heavy atom. The van der Waals surface area contributed by atoms with E-state index in [1.165, 1.54) is 112 Å². The summed E-state index contributed by atoms with van der Waals surface area (Å²) in [6.07, 6.45) is 13.5. The van der Waals surface area contributed by atoms with Gasteiger partial charge in [-0.1, -0.05) is 252 Å². The number of rotatable bonds is 40. The van der Waals surface area contributed by atoms with Gasteiger partial charge in [-0.25, -0.2) is 24.5 Å². The second kappa shape index (κ2) is 50.7. The zero-order valence-corrected chi connectivity index (χ0v) is 86.6. The first-order chi connectivity index (χ1) is 65.8. The lowest BCUT2D eigenvalue weighted by atomic mass is 9.76. The number of imide groups is 1. The number of Topliss-reactive ketones (excluding diaryl/α,β-unsaturated/α-hetero) is 1. The fraction of sp³-hybridized carbons (Fsp3) is 0.393. The van der Waals surface area contributed by atoms with Crippen molar-refractivity contribution in [2.24, 2.45) is 10.4 Å². The molecule has 0 bridgehead atoms. The third-order valence-corrected chi connectivity index (χ3v) is 26.5. The molecule has 9 aromatic carbocycles. The number of ketones is 1. The number of ether oxygens (including phenoxy) is 5. The molecular weight excluding hydrogens is 1890 g/mol. The Kier molecular flexibility index (Phi) is 40.3. The molecule has 0 spiro atoms. The van der Waals surface area contributed by atoms with Gasteiger partial charge in [0.05, 0.1) is 67.3 Å². The van der Waals surface area contributed by atoms with E-state index in [9.17, 15) is 48.3 Å². The quantitative estimate of drug-likeness (QED) is 0.0100. The predicted octanol–water partition coefficient (Wildman–Crippen LogP) is 26.6. The van der Waals surface area contributed by atoms with E-state index in [1.54, 1.807) is 126 Å². The van der Waals surface area contributed by atoms with Gasteiger partial charge in [0.15, 0.2) is 35.4 Å². The van der Waals surface area contributed by atoms with Gasteiger partial charge < -0.3 is 60.7 Å². The number of anilines is 6. The first kappa shape index (κ1) is 111. The summed E-state index contributed by atoms with van der Waals surface area (Å²) < 4.78 is 28.9. The number of phenolic OH excluding ortho intramolecular Hbond substituents is 1. The number of aromatic hydroxyl groups is 1. The van der Waals surface area contributed by atoms with Crippen molar-refractivity contribution in [3.63, 3.8) is 0 Å². The minimum absolute atomic E-state index is 0.0107. The molecule has 11 rings (SSSR count). The van der Waals surface area contributed by atoms with Crippen LogP contribution in [-0.2, 0) is 55.7 Å². The van der Waals surface area contributed by atoms with Crippen molar-refractivity contribution in [3.8, 4) is 40.6 Å². The highest BCUT2D eigenvalue weighted by Crippen LogP contribution is 2.45. The van der Waals surface area contributed by atoms with E-state index in [4.69, 9.17) is 91.9 Å². The third kappa shape index (κ3) is 31.0. The summed E-state index contributed by atoms with van der Waals surface area (Å²) >= 11 is 33.5. The fourth-order valence-electron chi connectivity index (χ4n) is 14.7. The van der Waals surface area contributed by atoms with Gasteiger partial charge in [0.2, 0.25) is 5.91 Å². The molecule has 0 radical (unpaired) electrons. The van der Waals surface area contributed by atoms with Crippen LogP contribution in [0.4, 0.5) is 49.4 Å². The number of phenols is 1. The maximum Gasteiger partial charge on any atom is 0.418 e. The van der Waals surface area contributed by atoms with Crippen LogP contribution in [0.5, 0.6) is 34.5 Å². The lowest BCUT2D eigenvalue weighted by molar-refractivity contribution is -0.145. The average molecular weight is 2020 g/mol. The van der Waals surface area contributed by atoms with Gasteiger partial charge in [0.1, 0.15) is 45.5 Å². The Labute approximate surface area is 844 Å². The van der Waals surface area contributed by atoms with Crippen LogP contribution < -0.4 is 61.3 Å². The molecule has 26 nitrogen and oxygen atoms in total. The number of nitriles is 1. The van der Waals surface area contributed by atoms with Crippen LogP contribution in [0.2, 0.25) is 25.1 Å². The summed E-state index contributed by atoms with van der Waals surface area (Å²) in [5.41, 5.74) is 8.80. The standard InChI is InChI=1S/C48H57Cl4N5O4S.C40H46N4O6.C19H23ClN2O5/c1-5-7-8-9-10-11-12-13-14-15-16-21-43(58)53-30-33-23-24-35(50)39(27-33)54-46-45(48(60)57(56-46)44-36(51)28-34(49)29-37(44)52)62-42-20-18-17-19-38(42)55-47(59)40(6-2)61-41-25-22-31(3)26-32(41)4;1-9-39(4,5)27-13-20-35(31(21-27)40(6,7)10-2)49-25(3)37(46)43-33-22-34(45)32(23-36(33)50-30-18-16-29(48-8)17-19-30)44-38(47)42-28-14-11-26(24-41)12-15-28;1-10-7-8-11(20)12(9-10)21-15(24)13(14(23)18(2,3)4)22-16(25)19(5,6)27-17(22)26/h17-20,22-29,40,45H,5-16,21,30H2,1-4H3,(H,53,58)(H,54,56)(H,55,59);11-23,25,45H,9-10H2,1-8H3,(H,43,46)(H2,42,44,47);7-9,13H,1-6H3,(H,21,24). The van der Waals surface area contributed by atoms with Crippen LogP contribution in [0.15, 0.2) is 180 Å². The Hall–Kier alpha value is -12.0. The van der Waals surface area contributed by atoms with Gasteiger partial charge in [-0.05, 0) is 210 Å². The molecule has 0 saturated carbocycles. The van der Waals surface area contributed by atoms with Crippen molar-refractivity contribution in [1.29, 1.82) is 5.26 Å². The number of nitrogens with zero attached hydrogens (tertiary/aromatic N) is 4. The number of amidine groups is 1. The monoisotopic (exact) mass is 2010 g/mol. The number of hydrogen-bond donors (Lipinski definition) is 8. The number of thioether (sulfide) groups is 1. The number of aryl methyl sites for hydroxylation is 3. The summed E-state index contributed by atoms with van der Waals surface area (Å²) in [7, 11) is 1.56. The lowest BCUT2D eigenvalue weighted by Gasteiger charge is -2.31. The van der Waals surface area contributed by atoms with E-state index in [1.807, 2.05) is 76.2 Å². The molecule has 740 valence electrons. The lowest BCUT2D eigenvalue weighted by Crippen LogP contribution is -2.55. The third-order valence-electron chi connectivity index (χ3n) is 23.8. The SMILES string of the molecule is CCC(C)(C)c1ccc(OC(C)C(=O)Nc2cc(O)c(NC(=O)Nc3ccc(C#N)cc3)cc2Oc2ccc(OC)cc2)c(C(C)(C)CC)c1.CCCCCCCCCCCCCC(=O)NCc1ccc(Cl)c(N=C2NN(c3c(Cl)cc(Cl)cc3Cl)C(=O)C2Sc2ccccc2NC(=O)C(CC)Oc2ccc(C)cc2C)c1.Cc1ccc(Cl)c(NC(=O)C(C(=O)C(C)(C)C)N2C(=O)OC(C)(C)C2=O)c1. The smallest absolute Gasteiger partial charge is 0.418 e. The number of aliphatic imine (C=N–C) groups is 1.